The number of aliphatic hydroxyl groups is 1. The molecule has 170 valence electrons. The lowest BCUT2D eigenvalue weighted by molar-refractivity contribution is -0.765. The van der Waals surface area contributed by atoms with Gasteiger partial charge in [-0.3, -0.25) is 4.90 Å². The zero-order valence-corrected chi connectivity index (χ0v) is 17.9. The third-order valence-electron chi connectivity index (χ3n) is 6.33. The van der Waals surface area contributed by atoms with Crippen LogP contribution in [-0.4, -0.2) is 66.1 Å². The number of rotatable bonds is 6. The minimum absolute atomic E-state index is 0.00301. The van der Waals surface area contributed by atoms with Gasteiger partial charge in [-0.2, -0.15) is 9.78 Å². The minimum Gasteiger partial charge on any atom is -0.379 e. The van der Waals surface area contributed by atoms with E-state index in [2.05, 4.69) is 35.3 Å². The summed E-state index contributed by atoms with van der Waals surface area (Å²) < 4.78 is 31.9. The van der Waals surface area contributed by atoms with Gasteiger partial charge in [0.2, 0.25) is 6.33 Å². The maximum absolute atomic E-state index is 14.9. The molecule has 4 heterocycles. The number of benzene rings is 1. The Morgan fingerprint density at radius 2 is 2.09 bits per heavy atom. The van der Waals surface area contributed by atoms with Gasteiger partial charge in [-0.05, 0) is 18.0 Å². The molecule has 0 amide bonds. The Morgan fingerprint density at radius 3 is 2.82 bits per heavy atom. The van der Waals surface area contributed by atoms with Crippen molar-refractivity contribution in [2.24, 2.45) is 10.3 Å². The van der Waals surface area contributed by atoms with Crippen molar-refractivity contribution in [1.29, 1.82) is 0 Å². The fourth-order valence-corrected chi connectivity index (χ4v) is 4.47. The van der Waals surface area contributed by atoms with Gasteiger partial charge in [0.25, 0.3) is 6.04 Å². The molecule has 2 N–H and O–H groups in total. The molecule has 10 nitrogen and oxygen atoms in total. The fourth-order valence-electron chi connectivity index (χ4n) is 4.47. The fraction of sp³-hybridized carbons (Fsp3) is 0.381. The van der Waals surface area contributed by atoms with Crippen molar-refractivity contribution in [3.63, 3.8) is 0 Å². The molecule has 0 saturated heterocycles. The van der Waals surface area contributed by atoms with Crippen molar-refractivity contribution < 1.29 is 23.3 Å². The first kappa shape index (κ1) is 21.3. The Kier molecular flexibility index (Phi) is 5.46. The Labute approximate surface area is 187 Å². The van der Waals surface area contributed by atoms with Crippen LogP contribution in [-0.2, 0) is 12.1 Å². The molecule has 3 atom stereocenters. The zero-order chi connectivity index (χ0) is 23.0. The summed E-state index contributed by atoms with van der Waals surface area (Å²) in [6.45, 7) is 3.41. The van der Waals surface area contributed by atoms with Gasteiger partial charge >= 0.3 is 6.33 Å². The molecule has 3 aromatic rings. The summed E-state index contributed by atoms with van der Waals surface area (Å²) in [6, 6.07) is 2.37. The molecule has 0 fully saturated rings. The number of nitrogens with zero attached hydrogens (tertiary/aromatic N) is 8. The smallest absolute Gasteiger partial charge is 0.306 e. The van der Waals surface area contributed by atoms with E-state index >= 15 is 0 Å². The second-order valence-corrected chi connectivity index (χ2v) is 8.24. The largest absolute Gasteiger partial charge is 0.379 e. The predicted octanol–water partition coefficient (Wildman–Crippen LogP) is 0.933. The quantitative estimate of drug-likeness (QED) is 0.538. The highest BCUT2D eigenvalue weighted by Crippen LogP contribution is 2.33. The van der Waals surface area contributed by atoms with Crippen LogP contribution in [0.15, 0.2) is 59.9 Å². The summed E-state index contributed by atoms with van der Waals surface area (Å²) in [5.74, 6) is -1.51. The average Bonchev–Trinajstić information content (AvgIpc) is 3.48. The number of aromatic nitrogens is 5. The minimum atomic E-state index is -1.68. The second-order valence-electron chi connectivity index (χ2n) is 8.24. The van der Waals surface area contributed by atoms with Crippen LogP contribution in [0, 0.1) is 11.6 Å². The first-order chi connectivity index (χ1) is 16.0. The number of aromatic amines is 1. The molecule has 5 rings (SSSR count). The third kappa shape index (κ3) is 3.91. The Bertz CT molecular complexity index is 1200. The second kappa shape index (κ2) is 8.45. The molecule has 1 unspecified atom stereocenters. The zero-order valence-electron chi connectivity index (χ0n) is 17.9. The predicted molar refractivity (Wildman–Crippen MR) is 110 cm³/mol. The van der Waals surface area contributed by atoms with E-state index in [1.807, 2.05) is 11.6 Å². The maximum atomic E-state index is 14.9. The number of hydrogen-bond acceptors (Lipinski definition) is 7. The summed E-state index contributed by atoms with van der Waals surface area (Å²) in [6.07, 6.45) is 7.84. The van der Waals surface area contributed by atoms with E-state index < -0.39 is 23.3 Å². The summed E-state index contributed by atoms with van der Waals surface area (Å²) >= 11 is 0. The van der Waals surface area contributed by atoms with Gasteiger partial charge in [0.05, 0.1) is 6.54 Å². The number of H-pyrrole nitrogens is 1. The van der Waals surface area contributed by atoms with E-state index in [1.165, 1.54) is 25.0 Å². The van der Waals surface area contributed by atoms with Crippen LogP contribution in [0.5, 0.6) is 0 Å². The SMILES string of the molecule is C[C@@H](N1CC[N+]2=C(C1)C(c1cncnc1)N=N2)[C@](O)(C[n+]1cnc[nH]1)c1ccc(F)cc1F. The standard InChI is InChI=1S/C21H22F2N9O/c1-14(21(33,10-31-13-26-12-27-31)17-3-2-16(22)6-18(17)23)30-4-5-32-19(9-30)20(28-29-32)15-7-24-11-25-8-15/h2-3,6-8,11-14,20,33H,4-5,9-10H2,1H3/q+1/p+1/t14-,20?,21-/m1/s1. The van der Waals surface area contributed by atoms with Crippen molar-refractivity contribution in [2.45, 2.75) is 31.2 Å². The molecule has 2 aromatic heterocycles. The van der Waals surface area contributed by atoms with Gasteiger partial charge in [0, 0.05) is 47.3 Å². The molecule has 12 heteroatoms. The molecule has 2 aliphatic heterocycles. The molecular weight excluding hydrogens is 432 g/mol. The van der Waals surface area contributed by atoms with E-state index in [0.717, 1.165) is 23.4 Å². The molecular formula is C21H23F2N9O+2. The Balaban J connectivity index is 1.47. The molecule has 0 bridgehead atoms. The van der Waals surface area contributed by atoms with Crippen LogP contribution >= 0.6 is 0 Å². The van der Waals surface area contributed by atoms with Crippen molar-refractivity contribution in [2.75, 3.05) is 19.6 Å². The van der Waals surface area contributed by atoms with Crippen molar-refractivity contribution in [3.05, 3.63) is 72.3 Å². The van der Waals surface area contributed by atoms with Crippen LogP contribution in [0.4, 0.5) is 8.78 Å². The highest BCUT2D eigenvalue weighted by atomic mass is 19.1. The van der Waals surface area contributed by atoms with E-state index in [4.69, 9.17) is 0 Å². The summed E-state index contributed by atoms with van der Waals surface area (Å²) in [5, 5.41) is 23.4. The molecule has 0 radical (unpaired) electrons. The third-order valence-corrected chi connectivity index (χ3v) is 6.33. The lowest BCUT2D eigenvalue weighted by atomic mass is 9.85. The Hall–Kier alpha value is -3.51. The molecule has 2 aliphatic rings. The van der Waals surface area contributed by atoms with Gasteiger partial charge in [-0.1, -0.05) is 6.07 Å². The molecule has 33 heavy (non-hydrogen) atoms. The highest BCUT2D eigenvalue weighted by Gasteiger charge is 2.47. The van der Waals surface area contributed by atoms with Crippen molar-refractivity contribution in [3.8, 4) is 0 Å². The molecule has 0 spiro atoms. The van der Waals surface area contributed by atoms with Crippen LogP contribution in [0.25, 0.3) is 0 Å². The normalized spacial score (nSPS) is 21.2. The summed E-state index contributed by atoms with van der Waals surface area (Å²) in [4.78, 5) is 14.2. The number of nitrogens with one attached hydrogen (secondary N) is 1. The first-order valence-electron chi connectivity index (χ1n) is 10.5. The maximum Gasteiger partial charge on any atom is 0.306 e. The molecule has 0 aliphatic carbocycles. The van der Waals surface area contributed by atoms with Crippen molar-refractivity contribution in [1.82, 2.24) is 25.0 Å². The lowest BCUT2D eigenvalue weighted by Gasteiger charge is -2.41. The number of hydrogen-bond donors (Lipinski definition) is 2. The average molecular weight is 455 g/mol. The lowest BCUT2D eigenvalue weighted by Crippen LogP contribution is -2.60. The van der Waals surface area contributed by atoms with Gasteiger partial charge in [-0.15, -0.1) is 4.68 Å². The number of halogens is 2. The monoisotopic (exact) mass is 455 g/mol. The van der Waals surface area contributed by atoms with E-state index in [-0.39, 0.29) is 18.2 Å². The first-order valence-corrected chi connectivity index (χ1v) is 10.5. The van der Waals surface area contributed by atoms with Crippen LogP contribution in [0.3, 0.4) is 0 Å². The van der Waals surface area contributed by atoms with Crippen LogP contribution < -0.4 is 4.68 Å². The van der Waals surface area contributed by atoms with Crippen molar-refractivity contribution >= 4 is 5.71 Å². The van der Waals surface area contributed by atoms with Gasteiger partial charge in [0.15, 0.2) is 5.71 Å². The van der Waals surface area contributed by atoms with Gasteiger partial charge < -0.3 is 5.11 Å². The topological polar surface area (TPSA) is 110 Å². The summed E-state index contributed by atoms with van der Waals surface area (Å²) in [5.41, 5.74) is 0.0792. The Morgan fingerprint density at radius 1 is 1.27 bits per heavy atom. The van der Waals surface area contributed by atoms with Crippen LogP contribution in [0.2, 0.25) is 0 Å². The van der Waals surface area contributed by atoms with Gasteiger partial charge in [-0.25, -0.2) is 18.7 Å². The van der Waals surface area contributed by atoms with Gasteiger partial charge in [0.1, 0.15) is 41.9 Å². The van der Waals surface area contributed by atoms with E-state index in [9.17, 15) is 13.9 Å². The van der Waals surface area contributed by atoms with E-state index in [0.29, 0.717) is 19.6 Å². The highest BCUT2D eigenvalue weighted by molar-refractivity contribution is 5.89. The molecule has 1 aromatic carbocycles. The molecule has 0 saturated carbocycles. The van der Waals surface area contributed by atoms with E-state index in [1.54, 1.807) is 17.1 Å². The summed E-state index contributed by atoms with van der Waals surface area (Å²) in [7, 11) is 0. The van der Waals surface area contributed by atoms with Crippen LogP contribution in [0.1, 0.15) is 24.1 Å².